The molecule has 0 spiro atoms. The molecule has 0 saturated carbocycles. The Morgan fingerprint density at radius 1 is 0.903 bits per heavy atom. The number of aromatic nitrogens is 1. The van der Waals surface area contributed by atoms with Crippen LogP contribution in [0.5, 0.6) is 5.75 Å². The van der Waals surface area contributed by atoms with E-state index < -0.39 is 0 Å². The first kappa shape index (κ1) is 21.6. The predicted octanol–water partition coefficient (Wildman–Crippen LogP) is 4.24. The van der Waals surface area contributed by atoms with Gasteiger partial charge in [-0.25, -0.2) is 0 Å². The maximum Gasteiger partial charge on any atom is 0.161 e. The lowest BCUT2D eigenvalue weighted by Crippen LogP contribution is -2.47. The molecule has 31 heavy (non-hydrogen) atoms. The van der Waals surface area contributed by atoms with Gasteiger partial charge in [-0.05, 0) is 44.5 Å². The molecule has 4 rings (SSSR count). The number of hydrogen-bond donors (Lipinski definition) is 0. The average molecular weight is 420 g/mol. The van der Waals surface area contributed by atoms with Crippen LogP contribution < -0.4 is 4.74 Å². The van der Waals surface area contributed by atoms with Gasteiger partial charge in [0.25, 0.3) is 0 Å². The number of hydrogen-bond acceptors (Lipinski definition) is 4. The van der Waals surface area contributed by atoms with Gasteiger partial charge in [0, 0.05) is 56.4 Å². The molecule has 1 aliphatic rings. The quantitative estimate of drug-likeness (QED) is 0.486. The zero-order valence-corrected chi connectivity index (χ0v) is 18.7. The standard InChI is InChI=1S/C26H33N3O2/c1-21-8-6-11-24-25(22(2)30)20-29(26(21)24)13-7-12-27-14-16-28(17-15-27)18-19-31-23-9-4-3-5-10-23/h3-6,8-11,20H,7,12-19H2,1-2H3. The molecule has 1 aromatic heterocycles. The smallest absolute Gasteiger partial charge is 0.161 e. The number of rotatable bonds is 9. The minimum atomic E-state index is 0.140. The van der Waals surface area contributed by atoms with E-state index in [4.69, 9.17) is 4.74 Å². The van der Waals surface area contributed by atoms with Crippen molar-refractivity contribution in [2.24, 2.45) is 0 Å². The van der Waals surface area contributed by atoms with Crippen LogP contribution in [-0.4, -0.2) is 66.0 Å². The first-order valence-corrected chi connectivity index (χ1v) is 11.3. The predicted molar refractivity (Wildman–Crippen MR) is 126 cm³/mol. The van der Waals surface area contributed by atoms with Crippen molar-refractivity contribution < 1.29 is 9.53 Å². The van der Waals surface area contributed by atoms with E-state index in [1.165, 1.54) is 11.1 Å². The van der Waals surface area contributed by atoms with Crippen LogP contribution in [0.1, 0.15) is 29.3 Å². The number of para-hydroxylation sites is 2. The van der Waals surface area contributed by atoms with Gasteiger partial charge in [0.2, 0.25) is 0 Å². The molecular weight excluding hydrogens is 386 g/mol. The number of ketones is 1. The number of fused-ring (bicyclic) bond motifs is 1. The lowest BCUT2D eigenvalue weighted by molar-refractivity contribution is 0.101. The van der Waals surface area contributed by atoms with Crippen molar-refractivity contribution in [1.82, 2.24) is 14.4 Å². The highest BCUT2D eigenvalue weighted by Gasteiger charge is 2.17. The molecule has 0 unspecified atom stereocenters. The normalized spacial score (nSPS) is 15.4. The first-order chi connectivity index (χ1) is 15.1. The van der Waals surface area contributed by atoms with E-state index in [1.54, 1.807) is 6.92 Å². The molecule has 0 N–H and O–H groups in total. The molecule has 5 heteroatoms. The van der Waals surface area contributed by atoms with Gasteiger partial charge in [-0.2, -0.15) is 0 Å². The Kier molecular flexibility index (Phi) is 7.05. The molecule has 1 fully saturated rings. The molecule has 1 aliphatic heterocycles. The zero-order chi connectivity index (χ0) is 21.6. The monoisotopic (exact) mass is 419 g/mol. The number of aryl methyl sites for hydroxylation is 2. The van der Waals surface area contributed by atoms with E-state index in [-0.39, 0.29) is 5.78 Å². The van der Waals surface area contributed by atoms with Gasteiger partial charge in [-0.15, -0.1) is 0 Å². The van der Waals surface area contributed by atoms with Crippen molar-refractivity contribution >= 4 is 16.7 Å². The maximum atomic E-state index is 12.1. The lowest BCUT2D eigenvalue weighted by atomic mass is 10.1. The van der Waals surface area contributed by atoms with Crippen molar-refractivity contribution in [3.05, 3.63) is 65.9 Å². The number of benzene rings is 2. The minimum Gasteiger partial charge on any atom is -0.492 e. The number of ether oxygens (including phenoxy) is 1. The van der Waals surface area contributed by atoms with Gasteiger partial charge in [-0.1, -0.05) is 36.4 Å². The molecule has 0 bridgehead atoms. The molecule has 3 aromatic rings. The Morgan fingerprint density at radius 2 is 1.61 bits per heavy atom. The summed E-state index contributed by atoms with van der Waals surface area (Å²) in [5.41, 5.74) is 3.28. The first-order valence-electron chi connectivity index (χ1n) is 11.3. The van der Waals surface area contributed by atoms with Crippen molar-refractivity contribution in [2.45, 2.75) is 26.8 Å². The van der Waals surface area contributed by atoms with E-state index in [2.05, 4.69) is 33.4 Å². The second kappa shape index (κ2) is 10.1. The average Bonchev–Trinajstić information content (AvgIpc) is 3.16. The zero-order valence-electron chi connectivity index (χ0n) is 18.7. The Balaban J connectivity index is 1.22. The third-order valence-corrected chi connectivity index (χ3v) is 6.24. The molecule has 2 heterocycles. The third kappa shape index (κ3) is 5.35. The molecule has 2 aromatic carbocycles. The molecular formula is C26H33N3O2. The van der Waals surface area contributed by atoms with Gasteiger partial charge >= 0.3 is 0 Å². The Labute approximate surface area is 185 Å². The Hall–Kier alpha value is -2.63. The van der Waals surface area contributed by atoms with E-state index in [0.29, 0.717) is 0 Å². The van der Waals surface area contributed by atoms with Crippen LogP contribution in [0.3, 0.4) is 0 Å². The van der Waals surface area contributed by atoms with Crippen LogP contribution in [0.15, 0.2) is 54.7 Å². The molecule has 164 valence electrons. The summed E-state index contributed by atoms with van der Waals surface area (Å²) in [7, 11) is 0. The molecule has 0 radical (unpaired) electrons. The van der Waals surface area contributed by atoms with E-state index >= 15 is 0 Å². The number of piperazine rings is 1. The highest BCUT2D eigenvalue weighted by molar-refractivity contribution is 6.07. The lowest BCUT2D eigenvalue weighted by Gasteiger charge is -2.34. The summed E-state index contributed by atoms with van der Waals surface area (Å²) in [5.74, 6) is 1.09. The summed E-state index contributed by atoms with van der Waals surface area (Å²) in [6, 6.07) is 16.3. The second-order valence-electron chi connectivity index (χ2n) is 8.46. The van der Waals surface area contributed by atoms with Crippen LogP contribution in [-0.2, 0) is 6.54 Å². The fourth-order valence-corrected chi connectivity index (χ4v) is 4.51. The fraction of sp³-hybridized carbons (Fsp3) is 0.423. The third-order valence-electron chi connectivity index (χ3n) is 6.24. The SMILES string of the molecule is CC(=O)c1cn(CCCN2CCN(CCOc3ccccc3)CC2)c2c(C)cccc12. The summed E-state index contributed by atoms with van der Waals surface area (Å²) >= 11 is 0. The van der Waals surface area contributed by atoms with Crippen LogP contribution in [0.25, 0.3) is 10.9 Å². The summed E-state index contributed by atoms with van der Waals surface area (Å²) in [6.07, 6.45) is 3.14. The summed E-state index contributed by atoms with van der Waals surface area (Å²) in [6.45, 7) is 11.9. The topological polar surface area (TPSA) is 37.7 Å². The van der Waals surface area contributed by atoms with Gasteiger partial charge in [0.05, 0.1) is 5.52 Å². The maximum absolute atomic E-state index is 12.1. The van der Waals surface area contributed by atoms with Gasteiger partial charge in [-0.3, -0.25) is 9.69 Å². The van der Waals surface area contributed by atoms with Gasteiger partial charge in [0.1, 0.15) is 12.4 Å². The minimum absolute atomic E-state index is 0.140. The van der Waals surface area contributed by atoms with Crippen molar-refractivity contribution in [3.63, 3.8) is 0 Å². The Morgan fingerprint density at radius 3 is 2.32 bits per heavy atom. The van der Waals surface area contributed by atoms with Crippen LogP contribution >= 0.6 is 0 Å². The molecule has 0 aliphatic carbocycles. The number of nitrogens with zero attached hydrogens (tertiary/aromatic N) is 3. The highest BCUT2D eigenvalue weighted by Crippen LogP contribution is 2.25. The van der Waals surface area contributed by atoms with Crippen molar-refractivity contribution in [2.75, 3.05) is 45.9 Å². The van der Waals surface area contributed by atoms with Gasteiger partial charge < -0.3 is 14.2 Å². The van der Waals surface area contributed by atoms with E-state index in [0.717, 1.165) is 75.5 Å². The van der Waals surface area contributed by atoms with Crippen molar-refractivity contribution in [1.29, 1.82) is 0 Å². The highest BCUT2D eigenvalue weighted by atomic mass is 16.5. The fourth-order valence-electron chi connectivity index (χ4n) is 4.51. The van der Waals surface area contributed by atoms with Crippen molar-refractivity contribution in [3.8, 4) is 5.75 Å². The summed E-state index contributed by atoms with van der Waals surface area (Å²) in [4.78, 5) is 17.1. The van der Waals surface area contributed by atoms with E-state index in [9.17, 15) is 4.79 Å². The molecule has 5 nitrogen and oxygen atoms in total. The summed E-state index contributed by atoms with van der Waals surface area (Å²) < 4.78 is 8.11. The number of Topliss-reactive ketones (excluding diaryl/α,β-unsaturated/α-hetero) is 1. The van der Waals surface area contributed by atoms with Crippen LogP contribution in [0, 0.1) is 6.92 Å². The summed E-state index contributed by atoms with van der Waals surface area (Å²) in [5, 5.41) is 1.08. The number of carbonyl (C=O) groups is 1. The Bertz CT molecular complexity index is 1000. The molecule has 0 amide bonds. The van der Waals surface area contributed by atoms with Crippen LogP contribution in [0.2, 0.25) is 0 Å². The number of carbonyl (C=O) groups excluding carboxylic acids is 1. The largest absolute Gasteiger partial charge is 0.492 e. The second-order valence-corrected chi connectivity index (χ2v) is 8.46. The van der Waals surface area contributed by atoms with Crippen LogP contribution in [0.4, 0.5) is 0 Å². The molecule has 1 saturated heterocycles. The molecule has 0 atom stereocenters. The van der Waals surface area contributed by atoms with E-state index in [1.807, 2.05) is 42.6 Å². The van der Waals surface area contributed by atoms with Gasteiger partial charge in [0.15, 0.2) is 5.78 Å².